The molecule has 0 saturated heterocycles. The first-order valence-electron chi connectivity index (χ1n) is 5.55. The minimum Gasteiger partial charge on any atom is -0.306 e. The number of hydrogen-bond acceptors (Lipinski definition) is 2. The topological polar surface area (TPSA) is 48.6 Å². The summed E-state index contributed by atoms with van der Waals surface area (Å²) in [5.41, 5.74) is 3.94. The number of halogens is 1. The molecule has 0 radical (unpaired) electrons. The monoisotopic (exact) mass is 322 g/mol. The van der Waals surface area contributed by atoms with Gasteiger partial charge in [-0.25, -0.2) is 4.79 Å². The van der Waals surface area contributed by atoms with Crippen molar-refractivity contribution in [3.8, 4) is 0 Å². The van der Waals surface area contributed by atoms with Gasteiger partial charge < -0.3 is 9.97 Å². The third-order valence-electron chi connectivity index (χ3n) is 2.96. The van der Waals surface area contributed by atoms with Crippen molar-refractivity contribution in [1.82, 2.24) is 9.97 Å². The number of aromatic amines is 2. The molecule has 0 fully saturated rings. The molecule has 0 spiro atoms. The fourth-order valence-corrected chi connectivity index (χ4v) is 3.90. The van der Waals surface area contributed by atoms with E-state index in [1.807, 2.05) is 18.2 Å². The van der Waals surface area contributed by atoms with Crippen LogP contribution in [0.3, 0.4) is 0 Å². The molecule has 0 aliphatic carbocycles. The lowest BCUT2D eigenvalue weighted by atomic mass is 10.1. The van der Waals surface area contributed by atoms with Gasteiger partial charge in [0.15, 0.2) is 0 Å². The molecule has 3 nitrogen and oxygen atoms in total. The summed E-state index contributed by atoms with van der Waals surface area (Å²) in [6.07, 6.45) is 0. The van der Waals surface area contributed by atoms with Crippen LogP contribution in [-0.2, 0) is 0 Å². The summed E-state index contributed by atoms with van der Waals surface area (Å²) in [5.74, 6) is 0. The van der Waals surface area contributed by atoms with Gasteiger partial charge in [0.25, 0.3) is 0 Å². The Morgan fingerprint density at radius 1 is 1.22 bits per heavy atom. The summed E-state index contributed by atoms with van der Waals surface area (Å²) in [4.78, 5) is 18.2. The van der Waals surface area contributed by atoms with E-state index in [-0.39, 0.29) is 10.5 Å². The number of fused-ring (bicyclic) bond motifs is 1. The SMILES string of the molecule is Cc1ccsc1C(Br)c1ccc2[nH]c(=O)[nH]c2c1. The van der Waals surface area contributed by atoms with Gasteiger partial charge in [0.2, 0.25) is 0 Å². The highest BCUT2D eigenvalue weighted by atomic mass is 79.9. The molecule has 5 heteroatoms. The number of H-pyrrole nitrogens is 2. The van der Waals surface area contributed by atoms with Crippen molar-refractivity contribution in [2.24, 2.45) is 0 Å². The van der Waals surface area contributed by atoms with Crippen LogP contribution in [0.5, 0.6) is 0 Å². The number of aromatic nitrogens is 2. The maximum absolute atomic E-state index is 11.2. The lowest BCUT2D eigenvalue weighted by Gasteiger charge is -2.09. The maximum atomic E-state index is 11.2. The Labute approximate surface area is 116 Å². The van der Waals surface area contributed by atoms with Gasteiger partial charge in [0.05, 0.1) is 15.9 Å². The third-order valence-corrected chi connectivity index (χ3v) is 5.34. The van der Waals surface area contributed by atoms with Crippen LogP contribution in [0.15, 0.2) is 34.4 Å². The zero-order valence-electron chi connectivity index (χ0n) is 9.66. The Balaban J connectivity index is 2.09. The normalized spacial score (nSPS) is 13.0. The van der Waals surface area contributed by atoms with Crippen LogP contribution in [0, 0.1) is 6.92 Å². The quantitative estimate of drug-likeness (QED) is 0.694. The average Bonchev–Trinajstić information content (AvgIpc) is 2.91. The Morgan fingerprint density at radius 3 is 2.72 bits per heavy atom. The number of alkyl halides is 1. The lowest BCUT2D eigenvalue weighted by Crippen LogP contribution is -1.99. The molecule has 92 valence electrons. The first-order valence-corrected chi connectivity index (χ1v) is 7.34. The number of hydrogen-bond donors (Lipinski definition) is 2. The fraction of sp³-hybridized carbons (Fsp3) is 0.154. The number of aryl methyl sites for hydroxylation is 1. The highest BCUT2D eigenvalue weighted by Gasteiger charge is 2.14. The first kappa shape index (κ1) is 11.7. The predicted octanol–water partition coefficient (Wildman–Crippen LogP) is 3.71. The number of benzene rings is 1. The summed E-state index contributed by atoms with van der Waals surface area (Å²) in [5, 5.41) is 2.09. The van der Waals surface area contributed by atoms with Crippen LogP contribution in [-0.4, -0.2) is 9.97 Å². The van der Waals surface area contributed by atoms with Crippen LogP contribution >= 0.6 is 27.3 Å². The van der Waals surface area contributed by atoms with Crippen molar-refractivity contribution in [3.05, 3.63) is 56.1 Å². The molecular weight excluding hydrogens is 312 g/mol. The molecule has 0 amide bonds. The van der Waals surface area contributed by atoms with Gasteiger partial charge >= 0.3 is 5.69 Å². The zero-order chi connectivity index (χ0) is 12.7. The fourth-order valence-electron chi connectivity index (χ4n) is 2.00. The lowest BCUT2D eigenvalue weighted by molar-refractivity contribution is 1.20. The number of rotatable bonds is 2. The largest absolute Gasteiger partial charge is 0.323 e. The second-order valence-corrected chi connectivity index (χ2v) is 6.08. The van der Waals surface area contributed by atoms with Crippen LogP contribution in [0.25, 0.3) is 11.0 Å². The van der Waals surface area contributed by atoms with Gasteiger partial charge in [-0.15, -0.1) is 11.3 Å². The van der Waals surface area contributed by atoms with Crippen molar-refractivity contribution in [2.75, 3.05) is 0 Å². The maximum Gasteiger partial charge on any atom is 0.323 e. The summed E-state index contributed by atoms with van der Waals surface area (Å²) in [6.45, 7) is 2.11. The Morgan fingerprint density at radius 2 is 2.00 bits per heavy atom. The van der Waals surface area contributed by atoms with E-state index in [4.69, 9.17) is 0 Å². The van der Waals surface area contributed by atoms with E-state index in [9.17, 15) is 4.79 Å². The summed E-state index contributed by atoms with van der Waals surface area (Å²) in [7, 11) is 0. The van der Waals surface area contributed by atoms with Gasteiger partial charge in [-0.1, -0.05) is 22.0 Å². The van der Waals surface area contributed by atoms with Crippen molar-refractivity contribution >= 4 is 38.3 Å². The second kappa shape index (κ2) is 4.40. The minimum absolute atomic E-state index is 0.166. The average molecular weight is 323 g/mol. The molecule has 0 saturated carbocycles. The molecule has 1 atom stereocenters. The highest BCUT2D eigenvalue weighted by molar-refractivity contribution is 9.09. The van der Waals surface area contributed by atoms with Crippen LogP contribution < -0.4 is 5.69 Å². The van der Waals surface area contributed by atoms with E-state index in [1.54, 1.807) is 11.3 Å². The molecule has 2 aromatic heterocycles. The van der Waals surface area contributed by atoms with Crippen LogP contribution in [0.1, 0.15) is 20.8 Å². The molecule has 18 heavy (non-hydrogen) atoms. The number of thiophene rings is 1. The van der Waals surface area contributed by atoms with Crippen LogP contribution in [0.4, 0.5) is 0 Å². The van der Waals surface area contributed by atoms with Gasteiger partial charge in [-0.05, 0) is 41.6 Å². The van der Waals surface area contributed by atoms with Crippen molar-refractivity contribution in [2.45, 2.75) is 11.8 Å². The van der Waals surface area contributed by atoms with E-state index in [0.29, 0.717) is 0 Å². The van der Waals surface area contributed by atoms with Gasteiger partial charge in [-0.2, -0.15) is 0 Å². The molecule has 3 rings (SSSR count). The zero-order valence-corrected chi connectivity index (χ0v) is 12.1. The van der Waals surface area contributed by atoms with E-state index in [0.717, 1.165) is 16.6 Å². The molecule has 3 aromatic rings. The number of imidazole rings is 1. The summed E-state index contributed by atoms with van der Waals surface area (Å²) < 4.78 is 0. The molecule has 0 aliphatic heterocycles. The van der Waals surface area contributed by atoms with E-state index >= 15 is 0 Å². The van der Waals surface area contributed by atoms with E-state index in [1.165, 1.54) is 10.4 Å². The molecule has 2 N–H and O–H groups in total. The Kier molecular flexibility index (Phi) is 2.87. The second-order valence-electron chi connectivity index (χ2n) is 4.21. The standard InChI is InChI=1S/C13H11BrN2OS/c1-7-4-5-18-12(7)11(14)8-2-3-9-10(6-8)16-13(17)15-9/h2-6,11H,1H3,(H2,15,16,17). The Bertz CT molecular complexity index is 756. The molecule has 0 aliphatic rings. The number of nitrogens with one attached hydrogen (secondary N) is 2. The smallest absolute Gasteiger partial charge is 0.306 e. The highest BCUT2D eigenvalue weighted by Crippen LogP contribution is 2.36. The van der Waals surface area contributed by atoms with Gasteiger partial charge in [-0.3, -0.25) is 0 Å². The molecule has 2 heterocycles. The molecular formula is C13H11BrN2OS. The van der Waals surface area contributed by atoms with E-state index < -0.39 is 0 Å². The Hall–Kier alpha value is -1.33. The summed E-state index contributed by atoms with van der Waals surface area (Å²) >= 11 is 5.46. The summed E-state index contributed by atoms with van der Waals surface area (Å²) in [6, 6.07) is 8.08. The van der Waals surface area contributed by atoms with Gasteiger partial charge in [0.1, 0.15) is 0 Å². The predicted molar refractivity (Wildman–Crippen MR) is 78.7 cm³/mol. The molecule has 1 aromatic carbocycles. The third kappa shape index (κ3) is 1.93. The van der Waals surface area contributed by atoms with E-state index in [2.05, 4.69) is 44.3 Å². The first-order chi connectivity index (χ1) is 8.65. The van der Waals surface area contributed by atoms with Crippen molar-refractivity contribution in [3.63, 3.8) is 0 Å². The van der Waals surface area contributed by atoms with Gasteiger partial charge in [0, 0.05) is 4.88 Å². The minimum atomic E-state index is -0.166. The van der Waals surface area contributed by atoms with Crippen molar-refractivity contribution < 1.29 is 0 Å². The molecule has 1 unspecified atom stereocenters. The van der Waals surface area contributed by atoms with Crippen molar-refractivity contribution in [1.29, 1.82) is 0 Å². The van der Waals surface area contributed by atoms with Crippen LogP contribution in [0.2, 0.25) is 0 Å². The molecule has 0 bridgehead atoms.